The van der Waals surface area contributed by atoms with Crippen molar-refractivity contribution in [1.29, 1.82) is 0 Å². The molecule has 1 N–H and O–H groups in total. The quantitative estimate of drug-likeness (QED) is 0.759. The average molecular weight is 211 g/mol. The summed E-state index contributed by atoms with van der Waals surface area (Å²) in [5, 5.41) is 3.20. The predicted octanol–water partition coefficient (Wildman–Crippen LogP) is 3.26. The van der Waals surface area contributed by atoms with E-state index in [1.54, 1.807) is 0 Å². The van der Waals surface area contributed by atoms with Crippen molar-refractivity contribution in [2.45, 2.75) is 71.8 Å². The lowest BCUT2D eigenvalue weighted by molar-refractivity contribution is -0.130. The van der Waals surface area contributed by atoms with E-state index in [4.69, 9.17) is 0 Å². The van der Waals surface area contributed by atoms with Gasteiger partial charge in [0.25, 0.3) is 0 Å². The normalized spacial score (nSPS) is 18.9. The molecule has 1 saturated carbocycles. The second-order valence-corrected chi connectivity index (χ2v) is 5.44. The van der Waals surface area contributed by atoms with Crippen molar-refractivity contribution in [2.24, 2.45) is 5.41 Å². The van der Waals surface area contributed by atoms with E-state index in [0.717, 1.165) is 12.8 Å². The first-order chi connectivity index (χ1) is 7.06. The van der Waals surface area contributed by atoms with Gasteiger partial charge >= 0.3 is 0 Å². The molecule has 0 aliphatic heterocycles. The van der Waals surface area contributed by atoms with Crippen molar-refractivity contribution in [3.63, 3.8) is 0 Å². The van der Waals surface area contributed by atoms with Crippen LogP contribution in [0.1, 0.15) is 65.7 Å². The van der Waals surface area contributed by atoms with Gasteiger partial charge < -0.3 is 5.32 Å². The maximum atomic E-state index is 12.0. The fourth-order valence-electron chi connectivity index (χ4n) is 2.37. The lowest BCUT2D eigenvalue weighted by Crippen LogP contribution is -2.43. The summed E-state index contributed by atoms with van der Waals surface area (Å²) in [7, 11) is 0. The van der Waals surface area contributed by atoms with Gasteiger partial charge in [0.15, 0.2) is 0 Å². The van der Waals surface area contributed by atoms with Gasteiger partial charge in [0.1, 0.15) is 0 Å². The van der Waals surface area contributed by atoms with E-state index in [-0.39, 0.29) is 11.3 Å². The zero-order valence-corrected chi connectivity index (χ0v) is 10.4. The summed E-state index contributed by atoms with van der Waals surface area (Å²) in [5.41, 5.74) is -0.188. The summed E-state index contributed by atoms with van der Waals surface area (Å²) >= 11 is 0. The topological polar surface area (TPSA) is 29.1 Å². The zero-order chi connectivity index (χ0) is 11.3. The molecule has 0 unspecified atom stereocenters. The van der Waals surface area contributed by atoms with Crippen LogP contribution in [0.4, 0.5) is 0 Å². The number of carbonyl (C=O) groups is 1. The zero-order valence-electron chi connectivity index (χ0n) is 10.4. The van der Waals surface area contributed by atoms with Crippen LogP contribution in [0.2, 0.25) is 0 Å². The Hall–Kier alpha value is -0.530. The Bertz CT molecular complexity index is 205. The van der Waals surface area contributed by atoms with Crippen LogP contribution in [0.5, 0.6) is 0 Å². The molecule has 1 fully saturated rings. The Morgan fingerprint density at radius 3 is 2.40 bits per heavy atom. The molecule has 0 bridgehead atoms. The van der Waals surface area contributed by atoms with E-state index < -0.39 is 0 Å². The fraction of sp³-hybridized carbons (Fsp3) is 0.923. The standard InChI is InChI=1S/C13H25NO/c1-4-10-13(2,3)12(15)14-11-8-6-5-7-9-11/h11H,4-10H2,1-3H3,(H,14,15). The molecule has 1 amide bonds. The molecule has 88 valence electrons. The van der Waals surface area contributed by atoms with Gasteiger partial charge in [-0.15, -0.1) is 0 Å². The third-order valence-corrected chi connectivity index (χ3v) is 3.43. The first-order valence-electron chi connectivity index (χ1n) is 6.37. The van der Waals surface area contributed by atoms with Crippen molar-refractivity contribution < 1.29 is 4.79 Å². The van der Waals surface area contributed by atoms with E-state index in [0.29, 0.717) is 6.04 Å². The number of hydrogen-bond acceptors (Lipinski definition) is 1. The second kappa shape index (κ2) is 5.53. The van der Waals surface area contributed by atoms with E-state index in [1.165, 1.54) is 32.1 Å². The fourth-order valence-corrected chi connectivity index (χ4v) is 2.37. The van der Waals surface area contributed by atoms with Crippen molar-refractivity contribution in [3.05, 3.63) is 0 Å². The Kier molecular flexibility index (Phi) is 4.62. The lowest BCUT2D eigenvalue weighted by atomic mass is 9.86. The minimum atomic E-state index is -0.188. The van der Waals surface area contributed by atoms with Crippen LogP contribution in [0.25, 0.3) is 0 Å². The van der Waals surface area contributed by atoms with Crippen LogP contribution in [-0.2, 0) is 4.79 Å². The van der Waals surface area contributed by atoms with Crippen LogP contribution in [0.15, 0.2) is 0 Å². The molecule has 1 rings (SSSR count). The highest BCUT2D eigenvalue weighted by atomic mass is 16.2. The van der Waals surface area contributed by atoms with Gasteiger partial charge in [-0.2, -0.15) is 0 Å². The number of rotatable bonds is 4. The van der Waals surface area contributed by atoms with Crippen molar-refractivity contribution in [1.82, 2.24) is 5.32 Å². The Morgan fingerprint density at radius 1 is 1.27 bits per heavy atom. The molecule has 0 aromatic rings. The van der Waals surface area contributed by atoms with Crippen molar-refractivity contribution >= 4 is 5.91 Å². The first-order valence-corrected chi connectivity index (χ1v) is 6.37. The highest BCUT2D eigenvalue weighted by Gasteiger charge is 2.28. The smallest absolute Gasteiger partial charge is 0.225 e. The monoisotopic (exact) mass is 211 g/mol. The minimum Gasteiger partial charge on any atom is -0.353 e. The minimum absolute atomic E-state index is 0.188. The molecule has 0 radical (unpaired) electrons. The first kappa shape index (κ1) is 12.5. The summed E-state index contributed by atoms with van der Waals surface area (Å²) in [5.74, 6) is 0.247. The summed E-state index contributed by atoms with van der Waals surface area (Å²) in [4.78, 5) is 12.0. The average Bonchev–Trinajstić information content (AvgIpc) is 2.19. The maximum absolute atomic E-state index is 12.0. The Morgan fingerprint density at radius 2 is 1.87 bits per heavy atom. The molecule has 2 heteroatoms. The SMILES string of the molecule is CCCC(C)(C)C(=O)NC1CCCCC1. The molecule has 1 aliphatic rings. The van der Waals surface area contributed by atoms with E-state index in [1.807, 2.05) is 0 Å². The highest BCUT2D eigenvalue weighted by Crippen LogP contribution is 2.24. The third kappa shape index (κ3) is 3.84. The largest absolute Gasteiger partial charge is 0.353 e. The molecule has 0 spiro atoms. The molecule has 15 heavy (non-hydrogen) atoms. The second-order valence-electron chi connectivity index (χ2n) is 5.44. The highest BCUT2D eigenvalue weighted by molar-refractivity contribution is 5.82. The summed E-state index contributed by atoms with van der Waals surface area (Å²) in [6.45, 7) is 6.24. The molecular weight excluding hydrogens is 186 g/mol. The number of carbonyl (C=O) groups excluding carboxylic acids is 1. The van der Waals surface area contributed by atoms with E-state index in [2.05, 4.69) is 26.1 Å². The van der Waals surface area contributed by atoms with E-state index in [9.17, 15) is 4.79 Å². The predicted molar refractivity (Wildman–Crippen MR) is 63.7 cm³/mol. The molecule has 1 aliphatic carbocycles. The summed E-state index contributed by atoms with van der Waals surface area (Å²) < 4.78 is 0. The van der Waals surface area contributed by atoms with Gasteiger partial charge in [-0.05, 0) is 19.3 Å². The third-order valence-electron chi connectivity index (χ3n) is 3.43. The summed E-state index contributed by atoms with van der Waals surface area (Å²) in [6, 6.07) is 0.447. The van der Waals surface area contributed by atoms with Gasteiger partial charge in [0, 0.05) is 11.5 Å². The number of nitrogens with one attached hydrogen (secondary N) is 1. The van der Waals surface area contributed by atoms with Gasteiger partial charge in [-0.1, -0.05) is 46.5 Å². The van der Waals surface area contributed by atoms with Crippen LogP contribution in [-0.4, -0.2) is 11.9 Å². The Balaban J connectivity index is 2.39. The van der Waals surface area contributed by atoms with Crippen LogP contribution in [0, 0.1) is 5.41 Å². The van der Waals surface area contributed by atoms with Crippen LogP contribution in [0.3, 0.4) is 0 Å². The lowest BCUT2D eigenvalue weighted by Gasteiger charge is -2.29. The molecule has 0 saturated heterocycles. The number of hydrogen-bond donors (Lipinski definition) is 1. The van der Waals surface area contributed by atoms with Crippen LogP contribution < -0.4 is 5.32 Å². The molecule has 0 heterocycles. The van der Waals surface area contributed by atoms with Gasteiger partial charge in [-0.25, -0.2) is 0 Å². The Labute approximate surface area is 93.8 Å². The van der Waals surface area contributed by atoms with Crippen LogP contribution >= 0.6 is 0 Å². The molecule has 0 atom stereocenters. The van der Waals surface area contributed by atoms with Crippen molar-refractivity contribution in [2.75, 3.05) is 0 Å². The van der Waals surface area contributed by atoms with Crippen molar-refractivity contribution in [3.8, 4) is 0 Å². The van der Waals surface area contributed by atoms with Gasteiger partial charge in [-0.3, -0.25) is 4.79 Å². The van der Waals surface area contributed by atoms with Gasteiger partial charge in [0.05, 0.1) is 0 Å². The van der Waals surface area contributed by atoms with E-state index >= 15 is 0 Å². The maximum Gasteiger partial charge on any atom is 0.225 e. The molecule has 0 aromatic heterocycles. The number of amides is 1. The molecule has 0 aromatic carbocycles. The summed E-state index contributed by atoms with van der Waals surface area (Å²) in [6.07, 6.45) is 8.29. The molecular formula is C13H25NO. The molecule has 2 nitrogen and oxygen atoms in total. The van der Waals surface area contributed by atoms with Gasteiger partial charge in [0.2, 0.25) is 5.91 Å².